The van der Waals surface area contributed by atoms with E-state index in [9.17, 15) is 5.11 Å². The van der Waals surface area contributed by atoms with Crippen molar-refractivity contribution in [2.75, 3.05) is 18.5 Å². The van der Waals surface area contributed by atoms with Gasteiger partial charge in [0.2, 0.25) is 0 Å². The summed E-state index contributed by atoms with van der Waals surface area (Å²) in [6, 6.07) is 16.7. The van der Waals surface area contributed by atoms with E-state index in [4.69, 9.17) is 5.11 Å². The summed E-state index contributed by atoms with van der Waals surface area (Å²) in [4.78, 5) is 0. The molecule has 0 saturated heterocycles. The lowest BCUT2D eigenvalue weighted by Crippen LogP contribution is -2.22. The van der Waals surface area contributed by atoms with E-state index >= 15 is 0 Å². The van der Waals surface area contributed by atoms with E-state index in [1.54, 1.807) is 0 Å². The van der Waals surface area contributed by atoms with Crippen molar-refractivity contribution in [3.63, 3.8) is 0 Å². The van der Waals surface area contributed by atoms with Crippen molar-refractivity contribution < 1.29 is 10.2 Å². The zero-order valence-electron chi connectivity index (χ0n) is 13.5. The van der Waals surface area contributed by atoms with Crippen molar-refractivity contribution in [1.82, 2.24) is 0 Å². The average molecular weight is 299 g/mol. The van der Waals surface area contributed by atoms with E-state index in [0.717, 1.165) is 11.3 Å². The molecule has 2 aromatic carbocycles. The lowest BCUT2D eigenvalue weighted by molar-refractivity contribution is 0.105. The van der Waals surface area contributed by atoms with Gasteiger partial charge in [0.15, 0.2) is 0 Å². The molecule has 0 fully saturated rings. The summed E-state index contributed by atoms with van der Waals surface area (Å²) in [5, 5.41) is 21.2. The molecule has 1 unspecified atom stereocenters. The second-order valence-electron chi connectivity index (χ2n) is 6.62. The number of aliphatic hydroxyl groups excluding tert-OH is 2. The molecule has 0 spiro atoms. The summed E-state index contributed by atoms with van der Waals surface area (Å²) in [7, 11) is 0. The Kier molecular flexibility index (Phi) is 5.22. The highest BCUT2D eigenvalue weighted by Gasteiger charge is 2.13. The van der Waals surface area contributed by atoms with Crippen LogP contribution in [0.25, 0.3) is 11.1 Å². The first kappa shape index (κ1) is 16.5. The summed E-state index contributed by atoms with van der Waals surface area (Å²) in [6.07, 6.45) is -0.732. The van der Waals surface area contributed by atoms with Gasteiger partial charge in [0, 0.05) is 12.2 Å². The van der Waals surface area contributed by atoms with E-state index in [2.05, 4.69) is 62.5 Å². The van der Waals surface area contributed by atoms with Crippen LogP contribution in [0.2, 0.25) is 0 Å². The van der Waals surface area contributed by atoms with Crippen LogP contribution in [0.4, 0.5) is 5.69 Å². The van der Waals surface area contributed by atoms with Crippen LogP contribution in [0, 0.1) is 0 Å². The Bertz CT molecular complexity index is 582. The molecule has 22 heavy (non-hydrogen) atoms. The molecule has 0 heterocycles. The third-order valence-corrected chi connectivity index (χ3v) is 3.72. The molecule has 3 heteroatoms. The Morgan fingerprint density at radius 1 is 0.909 bits per heavy atom. The summed E-state index contributed by atoms with van der Waals surface area (Å²) in [6.45, 7) is 6.75. The van der Waals surface area contributed by atoms with Crippen LogP contribution in [0.3, 0.4) is 0 Å². The maximum Gasteiger partial charge on any atom is 0.0942 e. The van der Waals surface area contributed by atoms with Gasteiger partial charge in [-0.15, -0.1) is 0 Å². The predicted octanol–water partition coefficient (Wildman–Crippen LogP) is 3.42. The van der Waals surface area contributed by atoms with Gasteiger partial charge in [-0.1, -0.05) is 57.2 Å². The molecule has 1 atom stereocenters. The number of hydrogen-bond donors (Lipinski definition) is 3. The van der Waals surface area contributed by atoms with Gasteiger partial charge in [-0.05, 0) is 34.2 Å². The molecular weight excluding hydrogens is 274 g/mol. The van der Waals surface area contributed by atoms with E-state index in [0.29, 0.717) is 6.54 Å². The largest absolute Gasteiger partial charge is 0.394 e. The third-order valence-electron chi connectivity index (χ3n) is 3.72. The fourth-order valence-corrected chi connectivity index (χ4v) is 2.24. The lowest BCUT2D eigenvalue weighted by Gasteiger charge is -2.19. The molecule has 3 N–H and O–H groups in total. The molecule has 2 rings (SSSR count). The number of hydrogen-bond acceptors (Lipinski definition) is 3. The fourth-order valence-electron chi connectivity index (χ4n) is 2.24. The van der Waals surface area contributed by atoms with Crippen LogP contribution < -0.4 is 5.32 Å². The van der Waals surface area contributed by atoms with Gasteiger partial charge < -0.3 is 15.5 Å². The highest BCUT2D eigenvalue weighted by molar-refractivity contribution is 5.66. The number of anilines is 1. The van der Waals surface area contributed by atoms with E-state index in [1.807, 2.05) is 12.1 Å². The van der Waals surface area contributed by atoms with E-state index in [1.165, 1.54) is 11.1 Å². The Balaban J connectivity index is 2.07. The monoisotopic (exact) mass is 299 g/mol. The molecule has 0 aromatic heterocycles. The van der Waals surface area contributed by atoms with Gasteiger partial charge in [0.25, 0.3) is 0 Å². The number of nitrogens with one attached hydrogen (secondary N) is 1. The maximum atomic E-state index is 9.33. The van der Waals surface area contributed by atoms with Crippen molar-refractivity contribution in [2.24, 2.45) is 0 Å². The third kappa shape index (κ3) is 4.33. The van der Waals surface area contributed by atoms with Crippen LogP contribution in [0.1, 0.15) is 26.3 Å². The zero-order valence-corrected chi connectivity index (χ0v) is 13.5. The Morgan fingerprint density at radius 3 is 1.86 bits per heavy atom. The normalized spacial score (nSPS) is 13.0. The number of rotatable bonds is 5. The Hall–Kier alpha value is -1.84. The Morgan fingerprint density at radius 2 is 1.41 bits per heavy atom. The number of benzene rings is 2. The summed E-state index contributed by atoms with van der Waals surface area (Å²) < 4.78 is 0. The molecule has 0 saturated carbocycles. The molecule has 0 amide bonds. The summed E-state index contributed by atoms with van der Waals surface area (Å²) >= 11 is 0. The van der Waals surface area contributed by atoms with Crippen LogP contribution >= 0.6 is 0 Å². The standard InChI is InChI=1S/C19H25NO2/c1-19(2,3)16-8-4-14(5-9-16)15-6-10-17(11-7-15)20-12-18(22)13-21/h4-11,18,20-22H,12-13H2,1-3H3. The van der Waals surface area contributed by atoms with Gasteiger partial charge in [-0.2, -0.15) is 0 Å². The van der Waals surface area contributed by atoms with E-state index < -0.39 is 6.10 Å². The fraction of sp³-hybridized carbons (Fsp3) is 0.368. The minimum absolute atomic E-state index is 0.167. The highest BCUT2D eigenvalue weighted by atomic mass is 16.3. The van der Waals surface area contributed by atoms with Gasteiger partial charge in [0.1, 0.15) is 0 Å². The molecule has 0 aliphatic rings. The van der Waals surface area contributed by atoms with Crippen LogP contribution in [-0.2, 0) is 5.41 Å². The predicted molar refractivity (Wildman–Crippen MR) is 92.2 cm³/mol. The molecule has 0 aliphatic carbocycles. The van der Waals surface area contributed by atoms with Crippen molar-refractivity contribution in [3.8, 4) is 11.1 Å². The van der Waals surface area contributed by atoms with Crippen molar-refractivity contribution in [2.45, 2.75) is 32.3 Å². The second-order valence-corrected chi connectivity index (χ2v) is 6.62. The first-order chi connectivity index (χ1) is 10.4. The molecular formula is C19H25NO2. The summed E-state index contributed by atoms with van der Waals surface area (Å²) in [5.74, 6) is 0. The maximum absolute atomic E-state index is 9.33. The highest BCUT2D eigenvalue weighted by Crippen LogP contribution is 2.26. The molecule has 3 nitrogen and oxygen atoms in total. The quantitative estimate of drug-likeness (QED) is 0.793. The first-order valence-corrected chi connectivity index (χ1v) is 7.64. The van der Waals surface area contributed by atoms with Crippen molar-refractivity contribution >= 4 is 5.69 Å². The van der Waals surface area contributed by atoms with Gasteiger partial charge >= 0.3 is 0 Å². The topological polar surface area (TPSA) is 52.5 Å². The van der Waals surface area contributed by atoms with Gasteiger partial charge in [0.05, 0.1) is 12.7 Å². The minimum atomic E-state index is -0.732. The second kappa shape index (κ2) is 6.95. The Labute approximate surface area is 132 Å². The average Bonchev–Trinajstić information content (AvgIpc) is 2.52. The lowest BCUT2D eigenvalue weighted by atomic mass is 9.86. The van der Waals surface area contributed by atoms with E-state index in [-0.39, 0.29) is 12.0 Å². The molecule has 118 valence electrons. The number of aliphatic hydroxyl groups is 2. The SMILES string of the molecule is CC(C)(C)c1ccc(-c2ccc(NCC(O)CO)cc2)cc1. The van der Waals surface area contributed by atoms with Crippen LogP contribution in [0.5, 0.6) is 0 Å². The van der Waals surface area contributed by atoms with Crippen LogP contribution in [0.15, 0.2) is 48.5 Å². The van der Waals surface area contributed by atoms with Gasteiger partial charge in [-0.25, -0.2) is 0 Å². The van der Waals surface area contributed by atoms with Crippen molar-refractivity contribution in [1.29, 1.82) is 0 Å². The van der Waals surface area contributed by atoms with Crippen LogP contribution in [-0.4, -0.2) is 29.5 Å². The molecule has 0 aliphatic heterocycles. The van der Waals surface area contributed by atoms with Crippen molar-refractivity contribution in [3.05, 3.63) is 54.1 Å². The zero-order chi connectivity index (χ0) is 16.2. The summed E-state index contributed by atoms with van der Waals surface area (Å²) in [5.41, 5.74) is 4.78. The molecule has 2 aromatic rings. The molecule has 0 radical (unpaired) electrons. The smallest absolute Gasteiger partial charge is 0.0942 e. The first-order valence-electron chi connectivity index (χ1n) is 7.64. The molecule has 0 bridgehead atoms. The minimum Gasteiger partial charge on any atom is -0.394 e. The van der Waals surface area contributed by atoms with Gasteiger partial charge in [-0.3, -0.25) is 0 Å².